The van der Waals surface area contributed by atoms with E-state index in [4.69, 9.17) is 4.74 Å². The summed E-state index contributed by atoms with van der Waals surface area (Å²) in [5.74, 6) is -3.60. The number of anilines is 1. The molecule has 3 heterocycles. The first-order valence-corrected chi connectivity index (χ1v) is 16.9. The fraction of sp³-hybridized carbons (Fsp3) is 0.350. The average molecular weight is 658 g/mol. The van der Waals surface area contributed by atoms with Crippen molar-refractivity contribution in [2.45, 2.75) is 57.9 Å². The third kappa shape index (κ3) is 4.51. The van der Waals surface area contributed by atoms with Gasteiger partial charge in [0, 0.05) is 23.4 Å². The molecule has 9 heteroatoms. The first kappa shape index (κ1) is 31.1. The van der Waals surface area contributed by atoms with Gasteiger partial charge in [0.2, 0.25) is 11.8 Å². The zero-order valence-corrected chi connectivity index (χ0v) is 28.0. The van der Waals surface area contributed by atoms with Crippen LogP contribution in [0, 0.1) is 36.5 Å². The van der Waals surface area contributed by atoms with Crippen LogP contribution in [0.3, 0.4) is 0 Å². The lowest BCUT2D eigenvalue weighted by Gasteiger charge is -2.51. The number of benzene rings is 3. The Labute approximate surface area is 285 Å². The highest BCUT2D eigenvalue weighted by molar-refractivity contribution is 6.13. The van der Waals surface area contributed by atoms with E-state index in [2.05, 4.69) is 11.5 Å². The molecule has 2 saturated heterocycles. The first-order valence-electron chi connectivity index (χ1n) is 16.9. The van der Waals surface area contributed by atoms with Crippen LogP contribution in [0.2, 0.25) is 0 Å². The largest absolute Gasteiger partial charge is 0.508 e. The highest BCUT2D eigenvalue weighted by atomic mass is 16.5. The molecule has 2 N–H and O–H groups in total. The van der Waals surface area contributed by atoms with Crippen molar-refractivity contribution in [3.8, 4) is 11.5 Å². The van der Waals surface area contributed by atoms with Gasteiger partial charge in [-0.15, -0.1) is 0 Å². The maximum Gasteiger partial charge on any atom is 0.260 e. The number of likely N-dealkylation sites (tertiary alicyclic amines) is 1. The molecule has 5 aliphatic rings. The Morgan fingerprint density at radius 3 is 2.35 bits per heavy atom. The fourth-order valence-corrected chi connectivity index (χ4v) is 9.22. The molecular weight excluding hydrogens is 618 g/mol. The van der Waals surface area contributed by atoms with Crippen molar-refractivity contribution in [3.63, 3.8) is 0 Å². The van der Waals surface area contributed by atoms with Gasteiger partial charge in [-0.2, -0.15) is 5.01 Å². The van der Waals surface area contributed by atoms with E-state index in [1.54, 1.807) is 24.5 Å². The smallest absolute Gasteiger partial charge is 0.260 e. The standard InChI is InChI=1S/C40H39N3O6/c1-22-10-12-26(13-11-22)41-43-36(46)31-20-30-28(15-16-29-33(30)37(47)42(35(29)45)39(2,3)4)34(40(31,38(43)48)25-8-6-5-7-9-25)24-18-23-19-27(44)14-17-32(23)49-21-24/h5-15,17,19,21,29-31,33-34,41,44H,16,18,20H2,1-4H3/t29-,30+,31-,33-,34-,40+/m0/s1. The number of fused-ring (bicyclic) bond motifs is 5. The molecule has 0 spiro atoms. The maximum atomic E-state index is 15.3. The molecule has 0 aromatic heterocycles. The van der Waals surface area contributed by atoms with E-state index in [9.17, 15) is 19.5 Å². The topological polar surface area (TPSA) is 116 Å². The Bertz CT molecular complexity index is 1980. The minimum Gasteiger partial charge on any atom is -0.508 e. The normalized spacial score (nSPS) is 29.0. The number of phenols is 1. The van der Waals surface area contributed by atoms with Crippen molar-refractivity contribution in [2.24, 2.45) is 29.6 Å². The van der Waals surface area contributed by atoms with Crippen LogP contribution >= 0.6 is 0 Å². The zero-order chi connectivity index (χ0) is 34.4. The second-order valence-corrected chi connectivity index (χ2v) is 15.1. The minimum absolute atomic E-state index is 0.0958. The maximum absolute atomic E-state index is 15.3. The number of aryl methyl sites for hydroxylation is 1. The number of nitrogens with zero attached hydrogens (tertiary/aromatic N) is 2. The Morgan fingerprint density at radius 1 is 0.898 bits per heavy atom. The van der Waals surface area contributed by atoms with E-state index in [0.717, 1.165) is 27.3 Å². The van der Waals surface area contributed by atoms with Crippen molar-refractivity contribution < 1.29 is 29.0 Å². The van der Waals surface area contributed by atoms with Gasteiger partial charge in [-0.25, -0.2) is 0 Å². The number of allylic oxidation sites excluding steroid dienone is 3. The molecule has 0 bridgehead atoms. The molecule has 3 aliphatic heterocycles. The summed E-state index contributed by atoms with van der Waals surface area (Å²) in [5.41, 5.74) is 5.82. The van der Waals surface area contributed by atoms with Gasteiger partial charge in [-0.05, 0) is 87.9 Å². The number of imide groups is 2. The zero-order valence-electron chi connectivity index (χ0n) is 28.0. The number of hydrogen-bond donors (Lipinski definition) is 2. The van der Waals surface area contributed by atoms with Crippen molar-refractivity contribution in [3.05, 3.63) is 113 Å². The summed E-state index contributed by atoms with van der Waals surface area (Å²) >= 11 is 0. The fourth-order valence-electron chi connectivity index (χ4n) is 9.22. The highest BCUT2D eigenvalue weighted by Gasteiger charge is 2.71. The van der Waals surface area contributed by atoms with Gasteiger partial charge in [0.15, 0.2) is 0 Å². The van der Waals surface area contributed by atoms with Gasteiger partial charge < -0.3 is 9.84 Å². The predicted molar refractivity (Wildman–Crippen MR) is 182 cm³/mol. The van der Waals surface area contributed by atoms with E-state index in [0.29, 0.717) is 29.8 Å². The Balaban J connectivity index is 1.33. The SMILES string of the molecule is Cc1ccc(NN2C(=O)[C@@H]3C[C@@H]4C(=CC[C@@H]5C(=O)N(C(C)(C)C)C(=O)[C@@H]54)[C@H](C4=COc5ccc(O)cc5C4)[C@]3(c3ccccc3)C2=O)cc1. The lowest BCUT2D eigenvalue weighted by molar-refractivity contribution is -0.146. The van der Waals surface area contributed by atoms with Crippen LogP contribution in [0.1, 0.15) is 50.3 Å². The molecule has 49 heavy (non-hydrogen) atoms. The van der Waals surface area contributed by atoms with Crippen LogP contribution in [0.5, 0.6) is 11.5 Å². The summed E-state index contributed by atoms with van der Waals surface area (Å²) in [6.07, 6.45) is 4.69. The highest BCUT2D eigenvalue weighted by Crippen LogP contribution is 2.63. The molecule has 3 aromatic rings. The second kappa shape index (κ2) is 10.9. The van der Waals surface area contributed by atoms with Gasteiger partial charge in [0.05, 0.1) is 35.1 Å². The average Bonchev–Trinajstić information content (AvgIpc) is 3.47. The van der Waals surface area contributed by atoms with Gasteiger partial charge in [-0.1, -0.05) is 59.7 Å². The molecule has 4 amide bonds. The third-order valence-electron chi connectivity index (χ3n) is 11.2. The van der Waals surface area contributed by atoms with E-state index in [1.807, 2.05) is 82.3 Å². The van der Waals surface area contributed by atoms with Crippen molar-refractivity contribution in [1.82, 2.24) is 9.91 Å². The summed E-state index contributed by atoms with van der Waals surface area (Å²) in [5, 5.41) is 11.6. The van der Waals surface area contributed by atoms with Crippen LogP contribution in [0.4, 0.5) is 5.69 Å². The van der Waals surface area contributed by atoms with Crippen molar-refractivity contribution in [1.29, 1.82) is 0 Å². The Kier molecular flexibility index (Phi) is 6.93. The number of hydrazine groups is 1. The summed E-state index contributed by atoms with van der Waals surface area (Å²) < 4.78 is 6.18. The molecule has 6 atom stereocenters. The lowest BCUT2D eigenvalue weighted by atomic mass is 9.48. The molecule has 9 nitrogen and oxygen atoms in total. The summed E-state index contributed by atoms with van der Waals surface area (Å²) in [4.78, 5) is 59.6. The molecule has 1 saturated carbocycles. The number of phenolic OH excluding ortho intramolecular Hbond substituents is 1. The van der Waals surface area contributed by atoms with E-state index >= 15 is 4.79 Å². The van der Waals surface area contributed by atoms with E-state index in [-0.39, 0.29) is 35.8 Å². The number of ether oxygens (including phenoxy) is 1. The van der Waals surface area contributed by atoms with E-state index < -0.39 is 40.5 Å². The van der Waals surface area contributed by atoms with Crippen LogP contribution in [-0.2, 0) is 31.0 Å². The molecule has 3 aromatic carbocycles. The molecule has 3 fully saturated rings. The van der Waals surface area contributed by atoms with Crippen molar-refractivity contribution >= 4 is 29.3 Å². The van der Waals surface area contributed by atoms with Crippen LogP contribution < -0.4 is 10.2 Å². The third-order valence-corrected chi connectivity index (χ3v) is 11.2. The number of carbonyl (C=O) groups excluding carboxylic acids is 4. The monoisotopic (exact) mass is 657 g/mol. The van der Waals surface area contributed by atoms with Crippen LogP contribution in [-0.4, -0.2) is 44.2 Å². The molecule has 2 aliphatic carbocycles. The predicted octanol–water partition coefficient (Wildman–Crippen LogP) is 5.84. The van der Waals surface area contributed by atoms with Gasteiger partial charge in [-0.3, -0.25) is 29.5 Å². The summed E-state index contributed by atoms with van der Waals surface area (Å²) in [6.45, 7) is 7.56. The van der Waals surface area contributed by atoms with Crippen molar-refractivity contribution in [2.75, 3.05) is 5.43 Å². The van der Waals surface area contributed by atoms with Crippen LogP contribution in [0.25, 0.3) is 0 Å². The Morgan fingerprint density at radius 2 is 1.63 bits per heavy atom. The number of amides is 4. The molecular formula is C40H39N3O6. The Hall–Kier alpha value is -5.18. The molecule has 250 valence electrons. The minimum atomic E-state index is -1.37. The number of carbonyl (C=O) groups is 4. The van der Waals surface area contributed by atoms with Gasteiger partial charge in [0.25, 0.3) is 11.8 Å². The quantitative estimate of drug-likeness (QED) is 0.268. The number of aromatic hydroxyl groups is 1. The summed E-state index contributed by atoms with van der Waals surface area (Å²) in [7, 11) is 0. The number of rotatable bonds is 4. The van der Waals surface area contributed by atoms with Crippen LogP contribution in [0.15, 0.2) is 96.3 Å². The first-order chi connectivity index (χ1) is 23.4. The number of nitrogens with one attached hydrogen (secondary N) is 1. The second-order valence-electron chi connectivity index (χ2n) is 15.1. The molecule has 0 unspecified atom stereocenters. The number of hydrogen-bond acceptors (Lipinski definition) is 7. The van der Waals surface area contributed by atoms with E-state index in [1.165, 1.54) is 4.90 Å². The summed E-state index contributed by atoms with van der Waals surface area (Å²) in [6, 6.07) is 21.9. The molecule has 0 radical (unpaired) electrons. The van der Waals surface area contributed by atoms with Gasteiger partial charge >= 0.3 is 0 Å². The molecule has 8 rings (SSSR count). The van der Waals surface area contributed by atoms with Gasteiger partial charge in [0.1, 0.15) is 11.5 Å². The lowest BCUT2D eigenvalue weighted by Crippen LogP contribution is -2.55.